The van der Waals surface area contributed by atoms with E-state index in [0.717, 1.165) is 40.9 Å². The number of nitrogens with zero attached hydrogens (tertiary/aromatic N) is 3. The van der Waals surface area contributed by atoms with E-state index < -0.39 is 0 Å². The number of phenols is 1. The Labute approximate surface area is 169 Å². The Kier molecular flexibility index (Phi) is 4.58. The van der Waals surface area contributed by atoms with Gasteiger partial charge in [-0.2, -0.15) is 0 Å². The predicted molar refractivity (Wildman–Crippen MR) is 117 cm³/mol. The molecule has 0 bridgehead atoms. The molecule has 0 unspecified atom stereocenters. The molecule has 1 fully saturated rings. The van der Waals surface area contributed by atoms with Crippen molar-refractivity contribution in [1.29, 1.82) is 0 Å². The molecule has 0 radical (unpaired) electrons. The lowest BCUT2D eigenvalue weighted by Crippen LogP contribution is -2.27. The monoisotopic (exact) mass is 382 g/mol. The van der Waals surface area contributed by atoms with Crippen LogP contribution in [0.25, 0.3) is 33.4 Å². The van der Waals surface area contributed by atoms with Crippen molar-refractivity contribution < 1.29 is 5.11 Å². The summed E-state index contributed by atoms with van der Waals surface area (Å²) in [5.41, 5.74) is 7.20. The molecular weight excluding hydrogens is 360 g/mol. The van der Waals surface area contributed by atoms with Gasteiger partial charge in [-0.3, -0.25) is 0 Å². The van der Waals surface area contributed by atoms with E-state index >= 15 is 0 Å². The molecule has 0 aliphatic carbocycles. The van der Waals surface area contributed by atoms with E-state index in [0.29, 0.717) is 11.4 Å². The van der Waals surface area contributed by atoms with Crippen molar-refractivity contribution in [3.8, 4) is 28.3 Å². The van der Waals surface area contributed by atoms with Gasteiger partial charge in [0, 0.05) is 18.5 Å². The SMILES string of the molecule is Oc1ccccc1-c1nc(NN2CCCC2)c2ccc(-c3ccccc3)cc2n1. The van der Waals surface area contributed by atoms with Gasteiger partial charge in [0.2, 0.25) is 0 Å². The topological polar surface area (TPSA) is 61.3 Å². The van der Waals surface area contributed by atoms with Crippen LogP contribution in [-0.4, -0.2) is 33.2 Å². The number of hydrogen-bond donors (Lipinski definition) is 2. The standard InChI is InChI=1S/C24H22N4O/c29-22-11-5-4-10-20(22)23-25-21-16-18(17-8-2-1-3-9-17)12-13-19(21)24(26-23)27-28-14-6-7-15-28/h1-5,8-13,16,29H,6-7,14-15H2,(H,25,26,27). The average molecular weight is 382 g/mol. The van der Waals surface area contributed by atoms with E-state index in [2.05, 4.69) is 40.8 Å². The van der Waals surface area contributed by atoms with E-state index in [9.17, 15) is 5.11 Å². The summed E-state index contributed by atoms with van der Waals surface area (Å²) in [5, 5.41) is 13.5. The molecule has 1 aromatic heterocycles. The smallest absolute Gasteiger partial charge is 0.165 e. The lowest BCUT2D eigenvalue weighted by Gasteiger charge is -2.19. The number of nitrogens with one attached hydrogen (secondary N) is 1. The van der Waals surface area contributed by atoms with Crippen LogP contribution in [0.3, 0.4) is 0 Å². The molecule has 2 heterocycles. The van der Waals surface area contributed by atoms with E-state index in [1.165, 1.54) is 12.8 Å². The first kappa shape index (κ1) is 17.6. The number of aromatic nitrogens is 2. The number of rotatable bonds is 4. The van der Waals surface area contributed by atoms with Crippen LogP contribution < -0.4 is 5.43 Å². The Balaban J connectivity index is 1.67. The Hall–Kier alpha value is -3.44. The predicted octanol–water partition coefficient (Wildman–Crippen LogP) is 5.09. The number of anilines is 1. The summed E-state index contributed by atoms with van der Waals surface area (Å²) in [7, 11) is 0. The van der Waals surface area contributed by atoms with Crippen LogP contribution in [0.15, 0.2) is 72.8 Å². The number of para-hydroxylation sites is 1. The van der Waals surface area contributed by atoms with Gasteiger partial charge < -0.3 is 10.5 Å². The maximum Gasteiger partial charge on any atom is 0.165 e. The van der Waals surface area contributed by atoms with Crippen LogP contribution in [0.1, 0.15) is 12.8 Å². The fourth-order valence-electron chi connectivity index (χ4n) is 3.79. The number of fused-ring (bicyclic) bond motifs is 1. The van der Waals surface area contributed by atoms with Crippen molar-refractivity contribution >= 4 is 16.7 Å². The third kappa shape index (κ3) is 3.52. The largest absolute Gasteiger partial charge is 0.507 e. The lowest BCUT2D eigenvalue weighted by molar-refractivity contribution is 0.409. The molecule has 4 aromatic rings. The Morgan fingerprint density at radius 3 is 2.34 bits per heavy atom. The van der Waals surface area contributed by atoms with Crippen LogP contribution >= 0.6 is 0 Å². The minimum atomic E-state index is 0.179. The highest BCUT2D eigenvalue weighted by molar-refractivity contribution is 5.93. The summed E-state index contributed by atoms with van der Waals surface area (Å²) >= 11 is 0. The third-order valence-electron chi connectivity index (χ3n) is 5.32. The van der Waals surface area contributed by atoms with E-state index in [1.54, 1.807) is 12.1 Å². The van der Waals surface area contributed by atoms with Gasteiger partial charge in [-0.05, 0) is 48.2 Å². The summed E-state index contributed by atoms with van der Waals surface area (Å²) in [6.45, 7) is 2.00. The molecule has 0 atom stereocenters. The zero-order chi connectivity index (χ0) is 19.6. The van der Waals surface area contributed by atoms with Gasteiger partial charge in [-0.1, -0.05) is 48.5 Å². The zero-order valence-corrected chi connectivity index (χ0v) is 16.0. The summed E-state index contributed by atoms with van der Waals surface area (Å²) in [4.78, 5) is 9.57. The second kappa shape index (κ2) is 7.53. The summed E-state index contributed by atoms with van der Waals surface area (Å²) in [6, 6.07) is 23.7. The molecule has 0 amide bonds. The van der Waals surface area contributed by atoms with Crippen LogP contribution in [-0.2, 0) is 0 Å². The molecule has 0 saturated carbocycles. The minimum absolute atomic E-state index is 0.179. The van der Waals surface area contributed by atoms with Gasteiger partial charge in [-0.25, -0.2) is 15.0 Å². The quantitative estimate of drug-likeness (QED) is 0.515. The zero-order valence-electron chi connectivity index (χ0n) is 16.0. The first-order valence-electron chi connectivity index (χ1n) is 9.95. The molecule has 5 nitrogen and oxygen atoms in total. The molecule has 5 rings (SSSR count). The van der Waals surface area contributed by atoms with Gasteiger partial charge in [0.1, 0.15) is 5.75 Å². The number of aromatic hydroxyl groups is 1. The van der Waals surface area contributed by atoms with Gasteiger partial charge in [0.05, 0.1) is 11.1 Å². The first-order valence-corrected chi connectivity index (χ1v) is 9.95. The summed E-state index contributed by atoms with van der Waals surface area (Å²) in [6.07, 6.45) is 2.36. The molecule has 29 heavy (non-hydrogen) atoms. The Morgan fingerprint density at radius 2 is 1.55 bits per heavy atom. The minimum Gasteiger partial charge on any atom is -0.507 e. The van der Waals surface area contributed by atoms with Gasteiger partial charge >= 0.3 is 0 Å². The molecule has 5 heteroatoms. The second-order valence-electron chi connectivity index (χ2n) is 7.32. The molecule has 144 valence electrons. The first-order chi connectivity index (χ1) is 14.3. The normalized spacial score (nSPS) is 14.3. The molecule has 3 aromatic carbocycles. The highest BCUT2D eigenvalue weighted by atomic mass is 16.3. The Morgan fingerprint density at radius 1 is 0.793 bits per heavy atom. The molecule has 1 aliphatic rings. The van der Waals surface area contributed by atoms with E-state index in [-0.39, 0.29) is 5.75 Å². The maximum absolute atomic E-state index is 10.3. The number of hydrazine groups is 1. The molecule has 1 saturated heterocycles. The highest BCUT2D eigenvalue weighted by Gasteiger charge is 2.17. The number of phenolic OH excluding ortho intramolecular Hbond substituents is 1. The molecule has 1 aliphatic heterocycles. The van der Waals surface area contributed by atoms with Crippen LogP contribution in [0.2, 0.25) is 0 Å². The Bertz CT molecular complexity index is 1150. The highest BCUT2D eigenvalue weighted by Crippen LogP contribution is 2.32. The van der Waals surface area contributed by atoms with Gasteiger partial charge in [0.25, 0.3) is 0 Å². The van der Waals surface area contributed by atoms with Crippen molar-refractivity contribution in [2.75, 3.05) is 18.5 Å². The maximum atomic E-state index is 10.3. The number of hydrogen-bond acceptors (Lipinski definition) is 5. The number of benzene rings is 3. The van der Waals surface area contributed by atoms with Crippen LogP contribution in [0.5, 0.6) is 5.75 Å². The van der Waals surface area contributed by atoms with Crippen molar-refractivity contribution in [2.45, 2.75) is 12.8 Å². The van der Waals surface area contributed by atoms with Gasteiger partial charge in [0.15, 0.2) is 11.6 Å². The second-order valence-corrected chi connectivity index (χ2v) is 7.32. The van der Waals surface area contributed by atoms with Gasteiger partial charge in [-0.15, -0.1) is 0 Å². The summed E-state index contributed by atoms with van der Waals surface area (Å²) < 4.78 is 0. The molecular formula is C24H22N4O. The molecule has 2 N–H and O–H groups in total. The van der Waals surface area contributed by atoms with Crippen LogP contribution in [0, 0.1) is 0 Å². The lowest BCUT2D eigenvalue weighted by atomic mass is 10.0. The van der Waals surface area contributed by atoms with E-state index in [1.807, 2.05) is 30.3 Å². The van der Waals surface area contributed by atoms with Crippen molar-refractivity contribution in [1.82, 2.24) is 15.0 Å². The van der Waals surface area contributed by atoms with Crippen molar-refractivity contribution in [3.05, 3.63) is 72.8 Å². The average Bonchev–Trinajstić information content (AvgIpc) is 3.27. The fraction of sp³-hybridized carbons (Fsp3) is 0.167. The fourth-order valence-corrected chi connectivity index (χ4v) is 3.79. The van der Waals surface area contributed by atoms with Crippen LogP contribution in [0.4, 0.5) is 5.82 Å². The molecule has 0 spiro atoms. The van der Waals surface area contributed by atoms with Crippen molar-refractivity contribution in [2.24, 2.45) is 0 Å². The van der Waals surface area contributed by atoms with Crippen molar-refractivity contribution in [3.63, 3.8) is 0 Å². The van der Waals surface area contributed by atoms with E-state index in [4.69, 9.17) is 9.97 Å². The third-order valence-corrected chi connectivity index (χ3v) is 5.32. The summed E-state index contributed by atoms with van der Waals surface area (Å²) in [5.74, 6) is 1.47.